The van der Waals surface area contributed by atoms with E-state index in [9.17, 15) is 18.0 Å². The third kappa shape index (κ3) is 2.76. The van der Waals surface area contributed by atoms with Gasteiger partial charge < -0.3 is 15.8 Å². The van der Waals surface area contributed by atoms with Gasteiger partial charge in [-0.25, -0.2) is 4.79 Å². The zero-order valence-corrected chi connectivity index (χ0v) is 6.60. The van der Waals surface area contributed by atoms with Crippen LogP contribution >= 0.6 is 0 Å². The average molecular weight is 198 g/mol. The van der Waals surface area contributed by atoms with E-state index in [1.807, 2.05) is 0 Å². The Balaban J connectivity index is 2.41. The first-order chi connectivity index (χ1) is 5.89. The highest BCUT2D eigenvalue weighted by Crippen LogP contribution is 2.30. The van der Waals surface area contributed by atoms with Crippen molar-refractivity contribution in [2.75, 3.05) is 6.61 Å². The fraction of sp³-hybridized carbons (Fsp3) is 0.833. The number of ether oxygens (including phenoxy) is 1. The molecular weight excluding hydrogens is 189 g/mol. The minimum Gasteiger partial charge on any atom is -0.367 e. The monoisotopic (exact) mass is 198 g/mol. The zero-order chi connectivity index (χ0) is 10.1. The van der Waals surface area contributed by atoms with Crippen LogP contribution in [0.15, 0.2) is 0 Å². The average Bonchev–Trinajstić information content (AvgIpc) is 2.32. The molecule has 0 aromatic rings. The van der Waals surface area contributed by atoms with Crippen LogP contribution in [0.5, 0.6) is 0 Å². The highest BCUT2D eigenvalue weighted by molar-refractivity contribution is 5.72. The summed E-state index contributed by atoms with van der Waals surface area (Å²) in [7, 11) is 0. The number of nitrogens with two attached hydrogens (primary N) is 1. The van der Waals surface area contributed by atoms with Crippen molar-refractivity contribution in [2.45, 2.75) is 24.7 Å². The van der Waals surface area contributed by atoms with Crippen LogP contribution in [0.4, 0.5) is 18.0 Å². The molecule has 0 aromatic carbocycles. The lowest BCUT2D eigenvalue weighted by molar-refractivity contribution is -0.206. The van der Waals surface area contributed by atoms with Crippen LogP contribution < -0.4 is 11.1 Å². The summed E-state index contributed by atoms with van der Waals surface area (Å²) in [6.07, 6.45) is -6.43. The maximum Gasteiger partial charge on any atom is 0.414 e. The number of nitrogens with one attached hydrogen (secondary N) is 1. The molecule has 13 heavy (non-hydrogen) atoms. The van der Waals surface area contributed by atoms with Gasteiger partial charge in [0.2, 0.25) is 0 Å². The number of alkyl halides is 3. The highest BCUT2D eigenvalue weighted by atomic mass is 19.4. The number of primary amides is 1. The van der Waals surface area contributed by atoms with E-state index in [2.05, 4.69) is 10.1 Å². The van der Waals surface area contributed by atoms with Gasteiger partial charge in [0.15, 0.2) is 6.10 Å². The van der Waals surface area contributed by atoms with Crippen LogP contribution in [0.25, 0.3) is 0 Å². The summed E-state index contributed by atoms with van der Waals surface area (Å²) in [5.74, 6) is 0. The molecule has 3 N–H and O–H groups in total. The molecule has 1 aliphatic rings. The highest BCUT2D eigenvalue weighted by Gasteiger charge is 2.45. The normalized spacial score (nSPS) is 28.8. The number of urea groups is 1. The lowest BCUT2D eigenvalue weighted by Crippen LogP contribution is -2.39. The molecule has 0 aromatic heterocycles. The lowest BCUT2D eigenvalue weighted by atomic mass is 10.2. The van der Waals surface area contributed by atoms with Gasteiger partial charge in [-0.05, 0) is 0 Å². The van der Waals surface area contributed by atoms with E-state index < -0.39 is 24.4 Å². The maximum absolute atomic E-state index is 12.0. The second-order valence-electron chi connectivity index (χ2n) is 2.80. The van der Waals surface area contributed by atoms with Crippen molar-refractivity contribution in [3.05, 3.63) is 0 Å². The maximum atomic E-state index is 12.0. The zero-order valence-electron chi connectivity index (χ0n) is 6.60. The fourth-order valence-corrected chi connectivity index (χ4v) is 1.16. The molecule has 1 rings (SSSR count). The molecule has 4 nitrogen and oxygen atoms in total. The number of amides is 2. The molecule has 2 amide bonds. The van der Waals surface area contributed by atoms with E-state index in [-0.39, 0.29) is 13.0 Å². The van der Waals surface area contributed by atoms with Gasteiger partial charge in [-0.1, -0.05) is 0 Å². The Labute approximate surface area is 72.2 Å². The first-order valence-corrected chi connectivity index (χ1v) is 3.64. The number of carbonyl (C=O) groups excluding carboxylic acids is 1. The molecular formula is C6H9F3N2O2. The SMILES string of the molecule is NC(=O)NC1COC(C(F)(F)F)C1. The van der Waals surface area contributed by atoms with Crippen LogP contribution in [0.2, 0.25) is 0 Å². The topological polar surface area (TPSA) is 64.4 Å². The summed E-state index contributed by atoms with van der Waals surface area (Å²) in [5, 5.41) is 2.16. The number of halogens is 3. The van der Waals surface area contributed by atoms with Gasteiger partial charge in [0.25, 0.3) is 0 Å². The van der Waals surface area contributed by atoms with Crippen LogP contribution in [0.3, 0.4) is 0 Å². The Morgan fingerprint density at radius 1 is 1.54 bits per heavy atom. The standard InChI is InChI=1S/C6H9F3N2O2/c7-6(8,9)4-1-3(2-13-4)11-5(10)12/h3-4H,1-2H2,(H3,10,11,12). The minimum atomic E-state index is -4.37. The molecule has 1 saturated heterocycles. The molecule has 1 heterocycles. The third-order valence-corrected chi connectivity index (χ3v) is 1.71. The number of hydrogen-bond acceptors (Lipinski definition) is 2. The van der Waals surface area contributed by atoms with Crippen molar-refractivity contribution < 1.29 is 22.7 Å². The van der Waals surface area contributed by atoms with E-state index in [4.69, 9.17) is 5.73 Å². The van der Waals surface area contributed by atoms with Gasteiger partial charge >= 0.3 is 12.2 Å². The number of hydrogen-bond donors (Lipinski definition) is 2. The summed E-state index contributed by atoms with van der Waals surface area (Å²) in [4.78, 5) is 10.3. The summed E-state index contributed by atoms with van der Waals surface area (Å²) >= 11 is 0. The van der Waals surface area contributed by atoms with Gasteiger partial charge in [-0.15, -0.1) is 0 Å². The van der Waals surface area contributed by atoms with Crippen molar-refractivity contribution in [1.82, 2.24) is 5.32 Å². The summed E-state index contributed by atoms with van der Waals surface area (Å²) in [6, 6.07) is -1.47. The Kier molecular flexibility index (Phi) is 2.65. The van der Waals surface area contributed by atoms with E-state index in [0.29, 0.717) is 0 Å². The molecule has 1 aliphatic heterocycles. The van der Waals surface area contributed by atoms with Gasteiger partial charge in [0.05, 0.1) is 12.6 Å². The summed E-state index contributed by atoms with van der Waals surface area (Å²) < 4.78 is 40.4. The Morgan fingerprint density at radius 2 is 2.15 bits per heavy atom. The quantitative estimate of drug-likeness (QED) is 0.639. The first kappa shape index (κ1) is 10.1. The first-order valence-electron chi connectivity index (χ1n) is 3.64. The van der Waals surface area contributed by atoms with E-state index in [0.717, 1.165) is 0 Å². The number of carbonyl (C=O) groups is 1. The van der Waals surface area contributed by atoms with Crippen molar-refractivity contribution in [1.29, 1.82) is 0 Å². The molecule has 76 valence electrons. The van der Waals surface area contributed by atoms with Crippen LogP contribution in [-0.4, -0.2) is 31.0 Å². The Bertz CT molecular complexity index is 207. The molecule has 7 heteroatoms. The molecule has 0 saturated carbocycles. The molecule has 0 aliphatic carbocycles. The van der Waals surface area contributed by atoms with Gasteiger partial charge in [0, 0.05) is 6.42 Å². The lowest BCUT2D eigenvalue weighted by Gasteiger charge is -2.13. The molecule has 0 radical (unpaired) electrons. The Morgan fingerprint density at radius 3 is 2.54 bits per heavy atom. The van der Waals surface area contributed by atoms with Crippen molar-refractivity contribution in [2.24, 2.45) is 5.73 Å². The van der Waals surface area contributed by atoms with Gasteiger partial charge in [0.1, 0.15) is 0 Å². The second-order valence-corrected chi connectivity index (χ2v) is 2.80. The van der Waals surface area contributed by atoms with Gasteiger partial charge in [-0.2, -0.15) is 13.2 Å². The van der Waals surface area contributed by atoms with Gasteiger partial charge in [-0.3, -0.25) is 0 Å². The molecule has 2 unspecified atom stereocenters. The molecule has 2 atom stereocenters. The summed E-state index contributed by atoms with van der Waals surface area (Å²) in [5.41, 5.74) is 4.74. The predicted molar refractivity (Wildman–Crippen MR) is 36.9 cm³/mol. The smallest absolute Gasteiger partial charge is 0.367 e. The summed E-state index contributed by atoms with van der Waals surface area (Å²) in [6.45, 7) is -0.146. The van der Waals surface area contributed by atoms with Crippen LogP contribution in [0, 0.1) is 0 Å². The Hall–Kier alpha value is -0.980. The largest absolute Gasteiger partial charge is 0.414 e. The van der Waals surface area contributed by atoms with E-state index in [1.54, 1.807) is 0 Å². The van der Waals surface area contributed by atoms with E-state index in [1.165, 1.54) is 0 Å². The van der Waals surface area contributed by atoms with Crippen molar-refractivity contribution >= 4 is 6.03 Å². The third-order valence-electron chi connectivity index (χ3n) is 1.71. The molecule has 0 bridgehead atoms. The fourth-order valence-electron chi connectivity index (χ4n) is 1.16. The predicted octanol–water partition coefficient (Wildman–Crippen LogP) is 0.374. The molecule has 1 fully saturated rings. The van der Waals surface area contributed by atoms with E-state index >= 15 is 0 Å². The molecule has 0 spiro atoms. The van der Waals surface area contributed by atoms with Crippen molar-refractivity contribution in [3.63, 3.8) is 0 Å². The number of rotatable bonds is 1. The van der Waals surface area contributed by atoms with Crippen molar-refractivity contribution in [3.8, 4) is 0 Å². The second kappa shape index (κ2) is 3.41. The van der Waals surface area contributed by atoms with Crippen LogP contribution in [0.1, 0.15) is 6.42 Å². The van der Waals surface area contributed by atoms with Crippen LogP contribution in [-0.2, 0) is 4.74 Å². The minimum absolute atomic E-state index is 0.146.